The first-order valence-electron chi connectivity index (χ1n) is 6.19. The number of benzene rings is 1. The Hall–Kier alpha value is -1.73. The van der Waals surface area contributed by atoms with Crippen LogP contribution in [0.4, 0.5) is 11.4 Å². The van der Waals surface area contributed by atoms with Crippen molar-refractivity contribution in [1.29, 1.82) is 0 Å². The maximum Gasteiger partial charge on any atom is 0.229 e. The molecule has 21 heavy (non-hydrogen) atoms. The number of hydrogen-bond donors (Lipinski definition) is 2. The molecule has 0 radical (unpaired) electrons. The lowest BCUT2D eigenvalue weighted by Crippen LogP contribution is -2.10. The second-order valence-corrected chi connectivity index (χ2v) is 6.88. The Kier molecular flexibility index (Phi) is 4.43. The lowest BCUT2D eigenvalue weighted by atomic mass is 10.2. The highest BCUT2D eigenvalue weighted by Gasteiger charge is 2.10. The molecular weight excluding hydrogens is 314 g/mol. The molecule has 2 N–H and O–H groups in total. The van der Waals surface area contributed by atoms with Gasteiger partial charge in [0.25, 0.3) is 0 Å². The number of sulfonamides is 1. The second-order valence-electron chi connectivity index (χ2n) is 4.73. The van der Waals surface area contributed by atoms with Crippen LogP contribution in [0.1, 0.15) is 17.0 Å². The average Bonchev–Trinajstić information content (AvgIpc) is 2.68. The summed E-state index contributed by atoms with van der Waals surface area (Å²) in [5.74, 6) is 0.765. The van der Waals surface area contributed by atoms with Crippen LogP contribution in [0.5, 0.6) is 0 Å². The van der Waals surface area contributed by atoms with Crippen LogP contribution in [0.3, 0.4) is 0 Å². The highest BCUT2D eigenvalue weighted by atomic mass is 35.5. The molecule has 1 heterocycles. The van der Waals surface area contributed by atoms with E-state index < -0.39 is 10.0 Å². The SMILES string of the molecule is Cc1noc(C)c1CNc1ccc(NS(C)(=O)=O)c(Cl)c1. The molecule has 6 nitrogen and oxygen atoms in total. The Balaban J connectivity index is 2.10. The summed E-state index contributed by atoms with van der Waals surface area (Å²) in [5, 5.41) is 7.40. The molecule has 2 rings (SSSR count). The van der Waals surface area contributed by atoms with E-state index in [0.717, 1.165) is 29.0 Å². The number of aryl methyl sites for hydroxylation is 2. The first-order valence-corrected chi connectivity index (χ1v) is 8.46. The molecule has 0 atom stereocenters. The maximum absolute atomic E-state index is 11.2. The van der Waals surface area contributed by atoms with Gasteiger partial charge in [0.05, 0.1) is 22.7 Å². The van der Waals surface area contributed by atoms with Crippen LogP contribution in [0.2, 0.25) is 5.02 Å². The summed E-state index contributed by atoms with van der Waals surface area (Å²) >= 11 is 6.06. The van der Waals surface area contributed by atoms with E-state index in [2.05, 4.69) is 15.2 Å². The molecule has 0 aliphatic rings. The molecule has 114 valence electrons. The minimum Gasteiger partial charge on any atom is -0.381 e. The van der Waals surface area contributed by atoms with E-state index in [1.54, 1.807) is 18.2 Å². The van der Waals surface area contributed by atoms with Crippen molar-refractivity contribution in [3.05, 3.63) is 40.2 Å². The zero-order chi connectivity index (χ0) is 15.6. The van der Waals surface area contributed by atoms with Gasteiger partial charge in [-0.3, -0.25) is 4.72 Å². The number of aromatic nitrogens is 1. The predicted octanol–water partition coefficient (Wildman–Crippen LogP) is 2.93. The van der Waals surface area contributed by atoms with Gasteiger partial charge in [-0.2, -0.15) is 0 Å². The van der Waals surface area contributed by atoms with E-state index in [9.17, 15) is 8.42 Å². The van der Waals surface area contributed by atoms with Crippen molar-refractivity contribution in [2.24, 2.45) is 0 Å². The van der Waals surface area contributed by atoms with E-state index in [1.807, 2.05) is 13.8 Å². The van der Waals surface area contributed by atoms with Crippen LogP contribution >= 0.6 is 11.6 Å². The van der Waals surface area contributed by atoms with Crippen molar-refractivity contribution in [3.8, 4) is 0 Å². The largest absolute Gasteiger partial charge is 0.381 e. The van der Waals surface area contributed by atoms with E-state index in [4.69, 9.17) is 16.1 Å². The molecule has 0 saturated carbocycles. The van der Waals surface area contributed by atoms with Crippen molar-refractivity contribution in [2.75, 3.05) is 16.3 Å². The quantitative estimate of drug-likeness (QED) is 0.881. The van der Waals surface area contributed by atoms with Gasteiger partial charge < -0.3 is 9.84 Å². The standard InChI is InChI=1S/C13H16ClN3O3S/c1-8-11(9(2)20-16-8)7-15-10-4-5-13(12(14)6-10)17-21(3,18)19/h4-6,15,17H,7H2,1-3H3. The molecule has 2 aromatic rings. The summed E-state index contributed by atoms with van der Waals surface area (Å²) in [6.45, 7) is 4.28. The van der Waals surface area contributed by atoms with Crippen molar-refractivity contribution < 1.29 is 12.9 Å². The smallest absolute Gasteiger partial charge is 0.229 e. The molecule has 0 aliphatic carbocycles. The Bertz CT molecular complexity index is 737. The van der Waals surface area contributed by atoms with Gasteiger partial charge in [-0.15, -0.1) is 0 Å². The van der Waals surface area contributed by atoms with Crippen molar-refractivity contribution >= 4 is 33.0 Å². The van der Waals surface area contributed by atoms with Crippen LogP contribution in [0.25, 0.3) is 0 Å². The molecule has 0 saturated heterocycles. The molecule has 1 aromatic heterocycles. The van der Waals surface area contributed by atoms with Crippen molar-refractivity contribution in [3.63, 3.8) is 0 Å². The van der Waals surface area contributed by atoms with Crippen molar-refractivity contribution in [2.45, 2.75) is 20.4 Å². The minimum absolute atomic E-state index is 0.323. The minimum atomic E-state index is -3.35. The lowest BCUT2D eigenvalue weighted by Gasteiger charge is -2.10. The Labute approximate surface area is 128 Å². The molecule has 0 bridgehead atoms. The third kappa shape index (κ3) is 4.12. The van der Waals surface area contributed by atoms with E-state index in [0.29, 0.717) is 17.3 Å². The van der Waals surface area contributed by atoms with Crippen LogP contribution in [-0.4, -0.2) is 19.8 Å². The fraction of sp³-hybridized carbons (Fsp3) is 0.308. The van der Waals surface area contributed by atoms with Crippen LogP contribution in [0.15, 0.2) is 22.7 Å². The van der Waals surface area contributed by atoms with Crippen LogP contribution < -0.4 is 10.0 Å². The zero-order valence-corrected chi connectivity index (χ0v) is 13.5. The van der Waals surface area contributed by atoms with Crippen molar-refractivity contribution in [1.82, 2.24) is 5.16 Å². The fourth-order valence-corrected chi connectivity index (χ4v) is 2.71. The van der Waals surface area contributed by atoms with Gasteiger partial charge in [-0.1, -0.05) is 16.8 Å². The summed E-state index contributed by atoms with van der Waals surface area (Å²) in [7, 11) is -3.35. The molecule has 1 aromatic carbocycles. The molecule has 0 aliphatic heterocycles. The normalized spacial score (nSPS) is 11.4. The average molecular weight is 330 g/mol. The van der Waals surface area contributed by atoms with Gasteiger partial charge in [0.15, 0.2) is 0 Å². The van der Waals surface area contributed by atoms with Crippen LogP contribution in [-0.2, 0) is 16.6 Å². The molecule has 0 fully saturated rings. The van der Waals surface area contributed by atoms with Gasteiger partial charge in [-0.25, -0.2) is 8.42 Å². The Morgan fingerprint density at radius 3 is 2.57 bits per heavy atom. The fourth-order valence-electron chi connectivity index (χ4n) is 1.85. The summed E-state index contributed by atoms with van der Waals surface area (Å²) < 4.78 is 29.8. The summed E-state index contributed by atoms with van der Waals surface area (Å²) in [6, 6.07) is 5.02. The van der Waals surface area contributed by atoms with E-state index >= 15 is 0 Å². The van der Waals surface area contributed by atoms with Gasteiger partial charge in [0, 0.05) is 17.8 Å². The van der Waals surface area contributed by atoms with Crippen LogP contribution in [0, 0.1) is 13.8 Å². The number of nitrogens with zero attached hydrogens (tertiary/aromatic N) is 1. The summed E-state index contributed by atoms with van der Waals surface area (Å²) in [5.41, 5.74) is 2.95. The Morgan fingerprint density at radius 2 is 2.05 bits per heavy atom. The molecule has 0 amide bonds. The lowest BCUT2D eigenvalue weighted by molar-refractivity contribution is 0.392. The number of halogens is 1. The van der Waals surface area contributed by atoms with E-state index in [1.165, 1.54) is 0 Å². The molecule has 0 spiro atoms. The van der Waals surface area contributed by atoms with Gasteiger partial charge in [0.1, 0.15) is 5.76 Å². The van der Waals surface area contributed by atoms with Gasteiger partial charge >= 0.3 is 0 Å². The summed E-state index contributed by atoms with van der Waals surface area (Å²) in [4.78, 5) is 0. The number of hydrogen-bond acceptors (Lipinski definition) is 5. The molecular formula is C13H16ClN3O3S. The zero-order valence-electron chi connectivity index (χ0n) is 11.9. The third-order valence-electron chi connectivity index (χ3n) is 2.91. The summed E-state index contributed by atoms with van der Waals surface area (Å²) in [6.07, 6.45) is 1.08. The number of anilines is 2. The number of nitrogens with one attached hydrogen (secondary N) is 2. The van der Waals surface area contributed by atoms with Gasteiger partial charge in [0.2, 0.25) is 10.0 Å². The topological polar surface area (TPSA) is 84.2 Å². The molecule has 0 unspecified atom stereocenters. The molecule has 8 heteroatoms. The number of rotatable bonds is 5. The first kappa shape index (κ1) is 15.7. The maximum atomic E-state index is 11.2. The predicted molar refractivity (Wildman–Crippen MR) is 83.2 cm³/mol. The highest BCUT2D eigenvalue weighted by molar-refractivity contribution is 7.92. The Morgan fingerprint density at radius 1 is 1.33 bits per heavy atom. The van der Waals surface area contributed by atoms with Gasteiger partial charge in [-0.05, 0) is 32.0 Å². The third-order valence-corrected chi connectivity index (χ3v) is 3.82. The monoisotopic (exact) mass is 329 g/mol. The second kappa shape index (κ2) is 5.95. The van der Waals surface area contributed by atoms with E-state index in [-0.39, 0.29) is 0 Å². The first-order chi connectivity index (χ1) is 9.76. The highest BCUT2D eigenvalue weighted by Crippen LogP contribution is 2.26.